The van der Waals surface area contributed by atoms with E-state index in [9.17, 15) is 0 Å². The lowest BCUT2D eigenvalue weighted by Gasteiger charge is -2.15. The van der Waals surface area contributed by atoms with Gasteiger partial charge in [-0.05, 0) is 49.6 Å². The predicted molar refractivity (Wildman–Crippen MR) is 90.4 cm³/mol. The number of hydrogen-bond donors (Lipinski definition) is 2. The molecule has 2 aromatic carbocycles. The average Bonchev–Trinajstić information content (AvgIpc) is 2.42. The zero-order chi connectivity index (χ0) is 15.4. The number of rotatable bonds is 5. The van der Waals surface area contributed by atoms with Gasteiger partial charge in [-0.1, -0.05) is 26.0 Å². The summed E-state index contributed by atoms with van der Waals surface area (Å²) in [6, 6.07) is 14.2. The normalized spacial score (nSPS) is 11.0. The summed E-state index contributed by atoms with van der Waals surface area (Å²) in [5, 5.41) is 3.40. The van der Waals surface area contributed by atoms with Crippen molar-refractivity contribution in [2.75, 3.05) is 11.1 Å². The first-order valence-corrected chi connectivity index (χ1v) is 7.39. The molecule has 112 valence electrons. The first-order valence-electron chi connectivity index (χ1n) is 7.39. The van der Waals surface area contributed by atoms with Gasteiger partial charge in [0.05, 0.1) is 11.8 Å². The van der Waals surface area contributed by atoms with Crippen LogP contribution in [0.1, 0.15) is 39.2 Å². The van der Waals surface area contributed by atoms with Crippen LogP contribution in [0.5, 0.6) is 5.75 Å². The summed E-state index contributed by atoms with van der Waals surface area (Å²) in [5.41, 5.74) is 9.96. The summed E-state index contributed by atoms with van der Waals surface area (Å²) in [6.45, 7) is 8.37. The second kappa shape index (κ2) is 6.53. The van der Waals surface area contributed by atoms with Gasteiger partial charge in [0.1, 0.15) is 5.75 Å². The van der Waals surface area contributed by atoms with E-state index in [1.54, 1.807) is 0 Å². The fourth-order valence-corrected chi connectivity index (χ4v) is 2.11. The van der Waals surface area contributed by atoms with Gasteiger partial charge in [-0.2, -0.15) is 0 Å². The van der Waals surface area contributed by atoms with Crippen molar-refractivity contribution in [3.8, 4) is 5.75 Å². The Hall–Kier alpha value is -2.16. The quantitative estimate of drug-likeness (QED) is 0.766. The zero-order valence-corrected chi connectivity index (χ0v) is 13.2. The van der Waals surface area contributed by atoms with E-state index in [4.69, 9.17) is 10.5 Å². The Morgan fingerprint density at radius 2 is 1.67 bits per heavy atom. The van der Waals surface area contributed by atoms with Gasteiger partial charge in [-0.15, -0.1) is 0 Å². The largest absolute Gasteiger partial charge is 0.489 e. The van der Waals surface area contributed by atoms with Crippen molar-refractivity contribution < 1.29 is 4.74 Å². The van der Waals surface area contributed by atoms with E-state index < -0.39 is 0 Å². The minimum absolute atomic E-state index is 0.104. The van der Waals surface area contributed by atoms with E-state index in [1.807, 2.05) is 32.0 Å². The third kappa shape index (κ3) is 4.15. The van der Waals surface area contributed by atoms with Gasteiger partial charge in [-0.3, -0.25) is 0 Å². The maximum atomic E-state index is 5.94. The molecule has 0 atom stereocenters. The van der Waals surface area contributed by atoms with Gasteiger partial charge in [0.25, 0.3) is 0 Å². The lowest BCUT2D eigenvalue weighted by atomic mass is 10.0. The van der Waals surface area contributed by atoms with E-state index in [0.717, 1.165) is 17.1 Å². The van der Waals surface area contributed by atoms with Gasteiger partial charge in [-0.25, -0.2) is 0 Å². The van der Waals surface area contributed by atoms with Crippen LogP contribution >= 0.6 is 0 Å². The standard InChI is InChI=1S/C18H24N2O/c1-12(2)14-6-5-7-15(10-14)20-16-8-9-17(19)18(11-16)21-13(3)4/h5-13,20H,19H2,1-4H3. The van der Waals surface area contributed by atoms with Gasteiger partial charge in [0, 0.05) is 17.4 Å². The molecule has 2 aromatic rings. The average molecular weight is 284 g/mol. The fraction of sp³-hybridized carbons (Fsp3) is 0.333. The smallest absolute Gasteiger partial charge is 0.144 e. The van der Waals surface area contributed by atoms with Crippen LogP contribution in [0.2, 0.25) is 0 Å². The summed E-state index contributed by atoms with van der Waals surface area (Å²) in [5.74, 6) is 1.23. The van der Waals surface area contributed by atoms with Crippen molar-refractivity contribution in [2.24, 2.45) is 0 Å². The van der Waals surface area contributed by atoms with Crippen molar-refractivity contribution >= 4 is 17.1 Å². The Bertz CT molecular complexity index is 606. The highest BCUT2D eigenvalue weighted by Crippen LogP contribution is 2.29. The molecule has 0 aliphatic rings. The molecule has 0 heterocycles. The molecule has 0 bridgehead atoms. The molecule has 0 amide bonds. The lowest BCUT2D eigenvalue weighted by Crippen LogP contribution is -2.07. The van der Waals surface area contributed by atoms with Crippen molar-refractivity contribution in [1.29, 1.82) is 0 Å². The second-order valence-electron chi connectivity index (χ2n) is 5.82. The summed E-state index contributed by atoms with van der Waals surface area (Å²) in [6.07, 6.45) is 0.104. The highest BCUT2D eigenvalue weighted by molar-refractivity contribution is 5.67. The molecule has 3 nitrogen and oxygen atoms in total. The molecule has 0 unspecified atom stereocenters. The zero-order valence-electron chi connectivity index (χ0n) is 13.2. The summed E-state index contributed by atoms with van der Waals surface area (Å²) in [4.78, 5) is 0. The molecule has 0 spiro atoms. The number of nitrogens with two attached hydrogens (primary N) is 1. The van der Waals surface area contributed by atoms with Crippen LogP contribution in [0.3, 0.4) is 0 Å². The number of ether oxygens (including phenoxy) is 1. The minimum atomic E-state index is 0.104. The Labute approximate surface area is 127 Å². The predicted octanol–water partition coefficient (Wildman–Crippen LogP) is 4.92. The first kappa shape index (κ1) is 15.2. The summed E-state index contributed by atoms with van der Waals surface area (Å²) in [7, 11) is 0. The van der Waals surface area contributed by atoms with Crippen LogP contribution < -0.4 is 15.8 Å². The van der Waals surface area contributed by atoms with E-state index in [-0.39, 0.29) is 6.10 Å². The Balaban J connectivity index is 2.21. The molecule has 3 heteroatoms. The van der Waals surface area contributed by atoms with Gasteiger partial charge < -0.3 is 15.8 Å². The molecule has 0 aromatic heterocycles. The van der Waals surface area contributed by atoms with Crippen molar-refractivity contribution in [3.05, 3.63) is 48.0 Å². The molecular formula is C18H24N2O. The third-order valence-electron chi connectivity index (χ3n) is 3.22. The molecular weight excluding hydrogens is 260 g/mol. The van der Waals surface area contributed by atoms with Gasteiger partial charge in [0.15, 0.2) is 0 Å². The fourth-order valence-electron chi connectivity index (χ4n) is 2.11. The highest BCUT2D eigenvalue weighted by atomic mass is 16.5. The number of anilines is 3. The number of nitrogens with one attached hydrogen (secondary N) is 1. The molecule has 0 aliphatic carbocycles. The first-order chi connectivity index (χ1) is 9.95. The maximum Gasteiger partial charge on any atom is 0.144 e. The van der Waals surface area contributed by atoms with E-state index >= 15 is 0 Å². The van der Waals surface area contributed by atoms with Crippen molar-refractivity contribution in [2.45, 2.75) is 39.7 Å². The van der Waals surface area contributed by atoms with Crippen LogP contribution in [0.15, 0.2) is 42.5 Å². The number of benzene rings is 2. The summed E-state index contributed by atoms with van der Waals surface area (Å²) >= 11 is 0. The third-order valence-corrected chi connectivity index (χ3v) is 3.22. The van der Waals surface area contributed by atoms with E-state index in [0.29, 0.717) is 11.6 Å². The van der Waals surface area contributed by atoms with E-state index in [2.05, 4.69) is 43.4 Å². The van der Waals surface area contributed by atoms with Crippen LogP contribution in [-0.4, -0.2) is 6.10 Å². The lowest BCUT2D eigenvalue weighted by molar-refractivity contribution is 0.244. The molecule has 0 saturated carbocycles. The maximum absolute atomic E-state index is 5.94. The van der Waals surface area contributed by atoms with Crippen LogP contribution in [-0.2, 0) is 0 Å². The van der Waals surface area contributed by atoms with Crippen LogP contribution in [0, 0.1) is 0 Å². The Kier molecular flexibility index (Phi) is 4.73. The minimum Gasteiger partial charge on any atom is -0.489 e. The van der Waals surface area contributed by atoms with Crippen LogP contribution in [0.4, 0.5) is 17.1 Å². The van der Waals surface area contributed by atoms with Crippen molar-refractivity contribution in [1.82, 2.24) is 0 Å². The number of hydrogen-bond acceptors (Lipinski definition) is 3. The van der Waals surface area contributed by atoms with E-state index in [1.165, 1.54) is 5.56 Å². The molecule has 2 rings (SSSR count). The molecule has 0 radical (unpaired) electrons. The summed E-state index contributed by atoms with van der Waals surface area (Å²) < 4.78 is 5.72. The highest BCUT2D eigenvalue weighted by Gasteiger charge is 2.06. The van der Waals surface area contributed by atoms with Gasteiger partial charge >= 0.3 is 0 Å². The monoisotopic (exact) mass is 284 g/mol. The van der Waals surface area contributed by atoms with Gasteiger partial charge in [0.2, 0.25) is 0 Å². The molecule has 0 fully saturated rings. The molecule has 3 N–H and O–H groups in total. The topological polar surface area (TPSA) is 47.3 Å². The SMILES string of the molecule is CC(C)Oc1cc(Nc2cccc(C(C)C)c2)ccc1N. The molecule has 0 saturated heterocycles. The Morgan fingerprint density at radius 1 is 0.952 bits per heavy atom. The molecule has 21 heavy (non-hydrogen) atoms. The van der Waals surface area contributed by atoms with Crippen molar-refractivity contribution in [3.63, 3.8) is 0 Å². The van der Waals surface area contributed by atoms with Crippen LogP contribution in [0.25, 0.3) is 0 Å². The second-order valence-corrected chi connectivity index (χ2v) is 5.82. The Morgan fingerprint density at radius 3 is 2.33 bits per heavy atom. The number of nitrogen functional groups attached to an aromatic ring is 1. The molecule has 0 aliphatic heterocycles.